The standard InChI is InChI=1S/C10H10O2/c1-2-8-11-9-12-10-6-4-3-5-7-10/h1,3-7H,8-9H2. The van der Waals surface area contributed by atoms with Crippen LogP contribution in [0.15, 0.2) is 30.3 Å². The van der Waals surface area contributed by atoms with E-state index in [2.05, 4.69) is 5.92 Å². The summed E-state index contributed by atoms with van der Waals surface area (Å²) in [5, 5.41) is 0. The largest absolute Gasteiger partial charge is 0.468 e. The average Bonchev–Trinajstić information content (AvgIpc) is 2.14. The van der Waals surface area contributed by atoms with Crippen molar-refractivity contribution in [1.29, 1.82) is 0 Å². The first-order valence-corrected chi connectivity index (χ1v) is 3.62. The summed E-state index contributed by atoms with van der Waals surface area (Å²) in [4.78, 5) is 0. The molecule has 0 radical (unpaired) electrons. The van der Waals surface area contributed by atoms with E-state index in [0.717, 1.165) is 5.75 Å². The van der Waals surface area contributed by atoms with E-state index in [4.69, 9.17) is 15.9 Å². The summed E-state index contributed by atoms with van der Waals surface area (Å²) in [6.45, 7) is 0.487. The van der Waals surface area contributed by atoms with Crippen molar-refractivity contribution in [3.8, 4) is 18.1 Å². The van der Waals surface area contributed by atoms with E-state index in [1.165, 1.54) is 0 Å². The Bertz CT molecular complexity index is 248. The maximum Gasteiger partial charge on any atom is 0.190 e. The zero-order valence-corrected chi connectivity index (χ0v) is 6.69. The molecule has 12 heavy (non-hydrogen) atoms. The topological polar surface area (TPSA) is 18.5 Å². The average molecular weight is 162 g/mol. The summed E-state index contributed by atoms with van der Waals surface area (Å²) < 4.78 is 10.1. The maximum absolute atomic E-state index is 5.19. The summed E-state index contributed by atoms with van der Waals surface area (Å²) in [5.41, 5.74) is 0. The molecule has 0 aliphatic rings. The highest BCUT2D eigenvalue weighted by atomic mass is 16.7. The second-order valence-corrected chi connectivity index (χ2v) is 2.13. The van der Waals surface area contributed by atoms with Crippen LogP contribution in [0.1, 0.15) is 0 Å². The molecule has 1 aromatic carbocycles. The van der Waals surface area contributed by atoms with E-state index in [0.29, 0.717) is 0 Å². The molecule has 0 spiro atoms. The van der Waals surface area contributed by atoms with Crippen LogP contribution in [0, 0.1) is 12.3 Å². The third-order valence-corrected chi connectivity index (χ3v) is 1.24. The first-order valence-electron chi connectivity index (χ1n) is 3.62. The van der Waals surface area contributed by atoms with Crippen molar-refractivity contribution in [1.82, 2.24) is 0 Å². The first kappa shape index (κ1) is 8.63. The molecule has 2 heteroatoms. The van der Waals surface area contributed by atoms with Crippen molar-refractivity contribution in [2.24, 2.45) is 0 Å². The smallest absolute Gasteiger partial charge is 0.190 e. The maximum atomic E-state index is 5.19. The number of para-hydroxylation sites is 1. The molecule has 2 nitrogen and oxygen atoms in total. The van der Waals surface area contributed by atoms with Crippen LogP contribution in [0.2, 0.25) is 0 Å². The summed E-state index contributed by atoms with van der Waals surface area (Å²) >= 11 is 0. The van der Waals surface area contributed by atoms with Gasteiger partial charge in [-0.3, -0.25) is 0 Å². The van der Waals surface area contributed by atoms with Crippen LogP contribution in [-0.4, -0.2) is 13.4 Å². The summed E-state index contributed by atoms with van der Waals surface area (Å²) in [6, 6.07) is 9.45. The number of hydrogen-bond acceptors (Lipinski definition) is 2. The van der Waals surface area contributed by atoms with Crippen molar-refractivity contribution in [3.63, 3.8) is 0 Å². The Hall–Kier alpha value is -1.46. The Balaban J connectivity index is 2.21. The Morgan fingerprint density at radius 2 is 2.00 bits per heavy atom. The van der Waals surface area contributed by atoms with E-state index in [9.17, 15) is 0 Å². The SMILES string of the molecule is C#CCOCOc1ccccc1. The summed E-state index contributed by atoms with van der Waals surface area (Å²) in [5.74, 6) is 3.14. The number of rotatable bonds is 4. The van der Waals surface area contributed by atoms with Crippen molar-refractivity contribution in [3.05, 3.63) is 30.3 Å². The van der Waals surface area contributed by atoms with Crippen LogP contribution >= 0.6 is 0 Å². The van der Waals surface area contributed by atoms with Crippen LogP contribution in [0.3, 0.4) is 0 Å². The number of ether oxygens (including phenoxy) is 2. The van der Waals surface area contributed by atoms with Crippen molar-refractivity contribution in [2.75, 3.05) is 13.4 Å². The predicted octanol–water partition coefficient (Wildman–Crippen LogP) is 1.67. The second-order valence-electron chi connectivity index (χ2n) is 2.13. The van der Waals surface area contributed by atoms with E-state index >= 15 is 0 Å². The quantitative estimate of drug-likeness (QED) is 0.381. The lowest BCUT2D eigenvalue weighted by molar-refractivity contribution is 0.0333. The van der Waals surface area contributed by atoms with Crippen LogP contribution < -0.4 is 4.74 Å². The molecular formula is C10H10O2. The Kier molecular flexibility index (Phi) is 3.76. The molecule has 0 bridgehead atoms. The molecule has 0 N–H and O–H groups in total. The van der Waals surface area contributed by atoms with Crippen LogP contribution in [0.5, 0.6) is 5.75 Å². The molecule has 0 aromatic heterocycles. The minimum atomic E-state index is 0.203. The molecule has 0 amide bonds. The highest BCUT2D eigenvalue weighted by Gasteiger charge is 1.88. The van der Waals surface area contributed by atoms with Crippen molar-refractivity contribution >= 4 is 0 Å². The van der Waals surface area contributed by atoms with Gasteiger partial charge in [0.1, 0.15) is 12.4 Å². The van der Waals surface area contributed by atoms with Gasteiger partial charge in [-0.25, -0.2) is 0 Å². The fourth-order valence-corrected chi connectivity index (χ4v) is 0.727. The fourth-order valence-electron chi connectivity index (χ4n) is 0.727. The number of hydrogen-bond donors (Lipinski definition) is 0. The monoisotopic (exact) mass is 162 g/mol. The molecule has 1 rings (SSSR count). The van der Waals surface area contributed by atoms with Gasteiger partial charge in [0, 0.05) is 0 Å². The minimum Gasteiger partial charge on any atom is -0.468 e. The number of terminal acetylenes is 1. The van der Waals surface area contributed by atoms with Gasteiger partial charge < -0.3 is 9.47 Å². The molecule has 62 valence electrons. The Morgan fingerprint density at radius 3 is 2.67 bits per heavy atom. The molecule has 1 aromatic rings. The fraction of sp³-hybridized carbons (Fsp3) is 0.200. The zero-order chi connectivity index (χ0) is 8.65. The summed E-state index contributed by atoms with van der Waals surface area (Å²) in [7, 11) is 0. The molecular weight excluding hydrogens is 152 g/mol. The molecule has 0 saturated heterocycles. The third kappa shape index (κ3) is 3.09. The normalized spacial score (nSPS) is 8.92. The molecule has 0 aliphatic heterocycles. The van der Waals surface area contributed by atoms with E-state index in [-0.39, 0.29) is 13.4 Å². The number of benzene rings is 1. The van der Waals surface area contributed by atoms with Crippen LogP contribution in [-0.2, 0) is 4.74 Å². The van der Waals surface area contributed by atoms with Gasteiger partial charge in [-0.15, -0.1) is 6.42 Å². The lowest BCUT2D eigenvalue weighted by atomic mass is 10.3. The first-order chi connectivity index (χ1) is 5.93. The van der Waals surface area contributed by atoms with Crippen LogP contribution in [0.4, 0.5) is 0 Å². The predicted molar refractivity (Wildman–Crippen MR) is 46.7 cm³/mol. The molecule has 0 heterocycles. The van der Waals surface area contributed by atoms with Gasteiger partial charge in [-0.1, -0.05) is 24.1 Å². The van der Waals surface area contributed by atoms with Gasteiger partial charge in [0.15, 0.2) is 6.79 Å². The van der Waals surface area contributed by atoms with Crippen molar-refractivity contribution in [2.45, 2.75) is 0 Å². The van der Waals surface area contributed by atoms with Gasteiger partial charge in [0.05, 0.1) is 0 Å². The molecule has 0 aliphatic carbocycles. The molecule has 0 saturated carbocycles. The van der Waals surface area contributed by atoms with Gasteiger partial charge >= 0.3 is 0 Å². The molecule has 0 atom stereocenters. The Labute approximate surface area is 72.1 Å². The van der Waals surface area contributed by atoms with Crippen molar-refractivity contribution < 1.29 is 9.47 Å². The van der Waals surface area contributed by atoms with Gasteiger partial charge in [-0.05, 0) is 12.1 Å². The highest BCUT2D eigenvalue weighted by molar-refractivity contribution is 5.20. The van der Waals surface area contributed by atoms with E-state index in [1.807, 2.05) is 30.3 Å². The molecule has 0 fully saturated rings. The van der Waals surface area contributed by atoms with E-state index < -0.39 is 0 Å². The lowest BCUT2D eigenvalue weighted by Gasteiger charge is -2.03. The Morgan fingerprint density at radius 1 is 1.25 bits per heavy atom. The second kappa shape index (κ2) is 5.22. The van der Waals surface area contributed by atoms with Crippen LogP contribution in [0.25, 0.3) is 0 Å². The van der Waals surface area contributed by atoms with E-state index in [1.54, 1.807) is 0 Å². The van der Waals surface area contributed by atoms with Gasteiger partial charge in [0.25, 0.3) is 0 Å². The zero-order valence-electron chi connectivity index (χ0n) is 6.69. The molecule has 0 unspecified atom stereocenters. The van der Waals surface area contributed by atoms with Gasteiger partial charge in [-0.2, -0.15) is 0 Å². The minimum absolute atomic E-state index is 0.203. The lowest BCUT2D eigenvalue weighted by Crippen LogP contribution is -2.02. The third-order valence-electron chi connectivity index (χ3n) is 1.24. The highest BCUT2D eigenvalue weighted by Crippen LogP contribution is 2.07. The summed E-state index contributed by atoms with van der Waals surface area (Å²) in [6.07, 6.45) is 4.98. The van der Waals surface area contributed by atoms with Gasteiger partial charge in [0.2, 0.25) is 0 Å².